The van der Waals surface area contributed by atoms with Crippen molar-refractivity contribution in [3.05, 3.63) is 44.9 Å². The minimum atomic E-state index is -0.426. The molecule has 82 valence electrons. The standard InChI is InChI=1S/C10H5Cl2FN2S/c11-6-1-5(2-7(13)3-6)8-4-9(12)14-15-10(8)16/h1-4H,(H,15,16). The third kappa shape index (κ3) is 2.40. The zero-order valence-electron chi connectivity index (χ0n) is 7.80. The van der Waals surface area contributed by atoms with Crippen LogP contribution in [-0.4, -0.2) is 10.2 Å². The second-order valence-electron chi connectivity index (χ2n) is 3.09. The van der Waals surface area contributed by atoms with Crippen LogP contribution in [0.1, 0.15) is 0 Å². The van der Waals surface area contributed by atoms with Crippen LogP contribution in [0.2, 0.25) is 10.2 Å². The fraction of sp³-hybridized carbons (Fsp3) is 0. The Kier molecular flexibility index (Phi) is 3.23. The number of nitrogens with one attached hydrogen (secondary N) is 1. The van der Waals surface area contributed by atoms with Crippen molar-refractivity contribution < 1.29 is 4.39 Å². The van der Waals surface area contributed by atoms with Gasteiger partial charge in [-0.1, -0.05) is 35.4 Å². The number of H-pyrrole nitrogens is 1. The van der Waals surface area contributed by atoms with E-state index in [2.05, 4.69) is 10.2 Å². The molecule has 0 aliphatic heterocycles. The van der Waals surface area contributed by atoms with Crippen LogP contribution in [0.15, 0.2) is 24.3 Å². The summed E-state index contributed by atoms with van der Waals surface area (Å²) in [5, 5.41) is 6.85. The molecule has 6 heteroatoms. The van der Waals surface area contributed by atoms with Crippen LogP contribution >= 0.6 is 35.4 Å². The second-order valence-corrected chi connectivity index (χ2v) is 4.32. The van der Waals surface area contributed by atoms with Gasteiger partial charge in [-0.15, -0.1) is 0 Å². The Morgan fingerprint density at radius 3 is 2.62 bits per heavy atom. The first-order valence-electron chi connectivity index (χ1n) is 4.28. The Hall–Kier alpha value is -0.970. The Balaban J connectivity index is 2.67. The van der Waals surface area contributed by atoms with Crippen molar-refractivity contribution >= 4 is 35.4 Å². The van der Waals surface area contributed by atoms with E-state index < -0.39 is 5.82 Å². The van der Waals surface area contributed by atoms with Gasteiger partial charge in [0.15, 0.2) is 0 Å². The number of aromatic amines is 1. The largest absolute Gasteiger partial charge is 0.266 e. The van der Waals surface area contributed by atoms with Crippen LogP contribution in [-0.2, 0) is 0 Å². The monoisotopic (exact) mass is 274 g/mol. The highest BCUT2D eigenvalue weighted by Crippen LogP contribution is 2.25. The van der Waals surface area contributed by atoms with E-state index >= 15 is 0 Å². The number of aromatic nitrogens is 2. The minimum absolute atomic E-state index is 0.254. The van der Waals surface area contributed by atoms with E-state index in [0.29, 0.717) is 20.8 Å². The van der Waals surface area contributed by atoms with Gasteiger partial charge in [0, 0.05) is 10.6 Å². The van der Waals surface area contributed by atoms with E-state index in [0.717, 1.165) is 0 Å². The molecular weight excluding hydrogens is 270 g/mol. The molecule has 0 unspecified atom stereocenters. The molecule has 1 aromatic carbocycles. The fourth-order valence-corrected chi connectivity index (χ4v) is 1.90. The molecule has 1 aromatic heterocycles. The first-order chi connectivity index (χ1) is 7.56. The molecule has 2 nitrogen and oxygen atoms in total. The maximum Gasteiger partial charge on any atom is 0.150 e. The molecule has 0 atom stereocenters. The molecule has 0 saturated carbocycles. The molecule has 0 fully saturated rings. The van der Waals surface area contributed by atoms with E-state index in [1.54, 1.807) is 12.1 Å². The van der Waals surface area contributed by atoms with Crippen molar-refractivity contribution in [2.45, 2.75) is 0 Å². The van der Waals surface area contributed by atoms with Gasteiger partial charge < -0.3 is 0 Å². The number of halogens is 3. The summed E-state index contributed by atoms with van der Waals surface area (Å²) in [7, 11) is 0. The fourth-order valence-electron chi connectivity index (χ4n) is 1.31. The molecule has 0 amide bonds. The molecule has 1 heterocycles. The summed E-state index contributed by atoms with van der Waals surface area (Å²) in [4.78, 5) is 0. The molecular formula is C10H5Cl2FN2S. The van der Waals surface area contributed by atoms with Gasteiger partial charge in [0.1, 0.15) is 15.6 Å². The van der Waals surface area contributed by atoms with Gasteiger partial charge >= 0.3 is 0 Å². The highest BCUT2D eigenvalue weighted by Gasteiger charge is 2.05. The molecule has 2 rings (SSSR count). The first kappa shape index (κ1) is 11.5. The molecule has 0 spiro atoms. The molecule has 0 aliphatic carbocycles. The van der Waals surface area contributed by atoms with Gasteiger partial charge in [-0.2, -0.15) is 5.10 Å². The highest BCUT2D eigenvalue weighted by atomic mass is 35.5. The molecule has 16 heavy (non-hydrogen) atoms. The molecule has 2 aromatic rings. The minimum Gasteiger partial charge on any atom is -0.266 e. The van der Waals surface area contributed by atoms with E-state index in [4.69, 9.17) is 35.4 Å². The number of hydrogen-bond acceptors (Lipinski definition) is 2. The molecule has 0 bridgehead atoms. The lowest BCUT2D eigenvalue weighted by atomic mass is 10.1. The topological polar surface area (TPSA) is 28.7 Å². The average Bonchev–Trinajstić information content (AvgIpc) is 2.20. The number of hydrogen-bond donors (Lipinski definition) is 1. The van der Waals surface area contributed by atoms with Crippen LogP contribution < -0.4 is 0 Å². The van der Waals surface area contributed by atoms with Crippen LogP contribution in [0.25, 0.3) is 11.1 Å². The van der Waals surface area contributed by atoms with Gasteiger partial charge in [-0.3, -0.25) is 5.10 Å². The predicted octanol–water partition coefficient (Wildman–Crippen LogP) is 4.25. The summed E-state index contributed by atoms with van der Waals surface area (Å²) in [5.41, 5.74) is 1.16. The maximum atomic E-state index is 13.2. The smallest absolute Gasteiger partial charge is 0.150 e. The summed E-state index contributed by atoms with van der Waals surface area (Å²) in [6, 6.07) is 5.73. The molecule has 0 radical (unpaired) electrons. The van der Waals surface area contributed by atoms with Crippen LogP contribution in [0.3, 0.4) is 0 Å². The molecule has 0 aliphatic rings. The summed E-state index contributed by atoms with van der Waals surface area (Å²) in [5.74, 6) is -0.426. The van der Waals surface area contributed by atoms with E-state index in [-0.39, 0.29) is 5.15 Å². The first-order valence-corrected chi connectivity index (χ1v) is 5.44. The second kappa shape index (κ2) is 4.49. The number of nitrogens with zero attached hydrogens (tertiary/aromatic N) is 1. The zero-order valence-corrected chi connectivity index (χ0v) is 10.1. The van der Waals surface area contributed by atoms with Crippen molar-refractivity contribution in [3.63, 3.8) is 0 Å². The number of benzene rings is 1. The zero-order chi connectivity index (χ0) is 11.7. The molecule has 1 N–H and O–H groups in total. The summed E-state index contributed by atoms with van der Waals surface area (Å²) in [6.07, 6.45) is 0. The Morgan fingerprint density at radius 1 is 1.19 bits per heavy atom. The molecule has 0 saturated heterocycles. The van der Waals surface area contributed by atoms with Crippen molar-refractivity contribution in [3.8, 4) is 11.1 Å². The van der Waals surface area contributed by atoms with Gasteiger partial charge in [0.25, 0.3) is 0 Å². The summed E-state index contributed by atoms with van der Waals surface area (Å²) in [6.45, 7) is 0. The maximum absolute atomic E-state index is 13.2. The van der Waals surface area contributed by atoms with Crippen molar-refractivity contribution in [1.29, 1.82) is 0 Å². The van der Waals surface area contributed by atoms with Crippen molar-refractivity contribution in [1.82, 2.24) is 10.2 Å². The lowest BCUT2D eigenvalue weighted by molar-refractivity contribution is 0.628. The van der Waals surface area contributed by atoms with Crippen molar-refractivity contribution in [2.24, 2.45) is 0 Å². The van der Waals surface area contributed by atoms with Crippen LogP contribution in [0.4, 0.5) is 4.39 Å². The van der Waals surface area contributed by atoms with E-state index in [1.807, 2.05) is 0 Å². The predicted molar refractivity (Wildman–Crippen MR) is 64.8 cm³/mol. The van der Waals surface area contributed by atoms with Crippen LogP contribution in [0.5, 0.6) is 0 Å². The van der Waals surface area contributed by atoms with Gasteiger partial charge in [-0.25, -0.2) is 4.39 Å². The Morgan fingerprint density at radius 2 is 1.94 bits per heavy atom. The summed E-state index contributed by atoms with van der Waals surface area (Å²) >= 11 is 16.5. The number of rotatable bonds is 1. The van der Waals surface area contributed by atoms with Gasteiger partial charge in [-0.05, 0) is 29.8 Å². The van der Waals surface area contributed by atoms with Gasteiger partial charge in [0.05, 0.1) is 0 Å². The third-order valence-electron chi connectivity index (χ3n) is 1.95. The quantitative estimate of drug-likeness (QED) is 0.788. The summed E-state index contributed by atoms with van der Waals surface area (Å²) < 4.78 is 13.5. The van der Waals surface area contributed by atoms with Crippen molar-refractivity contribution in [2.75, 3.05) is 0 Å². The van der Waals surface area contributed by atoms with Crippen LogP contribution in [0, 0.1) is 10.5 Å². The van der Waals surface area contributed by atoms with Gasteiger partial charge in [0.2, 0.25) is 0 Å². The van der Waals surface area contributed by atoms with E-state index in [9.17, 15) is 4.39 Å². The lowest BCUT2D eigenvalue weighted by Gasteiger charge is -2.03. The normalized spacial score (nSPS) is 10.4. The SMILES string of the molecule is Fc1cc(Cl)cc(-c2cc(Cl)n[nH]c2=S)c1. The Labute approximate surface area is 106 Å². The lowest BCUT2D eigenvalue weighted by Crippen LogP contribution is -1.88. The Bertz CT molecular complexity index is 577. The van der Waals surface area contributed by atoms with E-state index in [1.165, 1.54) is 12.1 Å². The highest BCUT2D eigenvalue weighted by molar-refractivity contribution is 7.71. The third-order valence-corrected chi connectivity index (χ3v) is 2.67. The average molecular weight is 275 g/mol.